The summed E-state index contributed by atoms with van der Waals surface area (Å²) >= 11 is 3.03. The maximum atomic E-state index is 13.2. The zero-order chi connectivity index (χ0) is 19.0. The van der Waals surface area contributed by atoms with Crippen molar-refractivity contribution in [1.82, 2.24) is 9.21 Å². The molecule has 8 heteroatoms. The fourth-order valence-corrected chi connectivity index (χ4v) is 7.76. The maximum absolute atomic E-state index is 13.2. The van der Waals surface area contributed by atoms with Crippen LogP contribution in [0.2, 0.25) is 0 Å². The van der Waals surface area contributed by atoms with Gasteiger partial charge in [0.1, 0.15) is 4.21 Å². The van der Waals surface area contributed by atoms with Crippen molar-refractivity contribution in [2.75, 3.05) is 19.6 Å². The summed E-state index contributed by atoms with van der Waals surface area (Å²) in [6, 6.07) is 5.73. The second kappa shape index (κ2) is 7.66. The lowest BCUT2D eigenvalue weighted by Gasteiger charge is -2.39. The maximum Gasteiger partial charge on any atom is 0.252 e. The summed E-state index contributed by atoms with van der Waals surface area (Å²) in [6.45, 7) is 3.75. The molecule has 5 nitrogen and oxygen atoms in total. The van der Waals surface area contributed by atoms with E-state index in [-0.39, 0.29) is 17.9 Å². The van der Waals surface area contributed by atoms with E-state index in [1.54, 1.807) is 28.8 Å². The van der Waals surface area contributed by atoms with Crippen LogP contribution in [0.3, 0.4) is 0 Å². The Labute approximate surface area is 168 Å². The molecule has 0 bridgehead atoms. The molecule has 0 unspecified atom stereocenters. The van der Waals surface area contributed by atoms with Gasteiger partial charge >= 0.3 is 0 Å². The molecular weight excluding hydrogens is 400 g/mol. The Kier molecular flexibility index (Phi) is 5.42. The summed E-state index contributed by atoms with van der Waals surface area (Å²) in [5, 5.41) is 3.90. The van der Waals surface area contributed by atoms with Gasteiger partial charge in [-0.2, -0.15) is 4.31 Å². The normalized spacial score (nSPS) is 22.0. The van der Waals surface area contributed by atoms with Crippen LogP contribution in [0.25, 0.3) is 0 Å². The average molecular weight is 425 g/mol. The van der Waals surface area contributed by atoms with E-state index in [4.69, 9.17) is 0 Å². The van der Waals surface area contributed by atoms with Gasteiger partial charge in [0.2, 0.25) is 5.91 Å². The first-order valence-electron chi connectivity index (χ1n) is 9.42. The zero-order valence-electron chi connectivity index (χ0n) is 15.3. The van der Waals surface area contributed by atoms with E-state index in [1.807, 2.05) is 4.90 Å². The summed E-state index contributed by atoms with van der Waals surface area (Å²) in [5.74, 6) is 0.126. The van der Waals surface area contributed by atoms with Crippen LogP contribution in [0.15, 0.2) is 33.2 Å². The summed E-state index contributed by atoms with van der Waals surface area (Å²) in [6.07, 6.45) is 3.06. The summed E-state index contributed by atoms with van der Waals surface area (Å²) in [4.78, 5) is 16.7. The number of amides is 1. The van der Waals surface area contributed by atoms with Crippen molar-refractivity contribution >= 4 is 38.6 Å². The van der Waals surface area contributed by atoms with E-state index < -0.39 is 10.0 Å². The van der Waals surface area contributed by atoms with Gasteiger partial charge in [-0.3, -0.25) is 4.79 Å². The van der Waals surface area contributed by atoms with Gasteiger partial charge in [-0.1, -0.05) is 13.0 Å². The number of piperidine rings is 1. The van der Waals surface area contributed by atoms with Crippen LogP contribution in [0.5, 0.6) is 0 Å². The van der Waals surface area contributed by atoms with Crippen molar-refractivity contribution in [1.29, 1.82) is 0 Å². The third kappa shape index (κ3) is 3.48. The molecule has 0 radical (unpaired) electrons. The number of carbonyl (C=O) groups is 1. The topological polar surface area (TPSA) is 57.7 Å². The quantitative estimate of drug-likeness (QED) is 0.751. The minimum atomic E-state index is -3.41. The Morgan fingerprint density at radius 2 is 1.93 bits per heavy atom. The molecule has 0 spiro atoms. The second-order valence-electron chi connectivity index (χ2n) is 7.12. The minimum Gasteiger partial charge on any atom is -0.335 e. The Bertz CT molecular complexity index is 897. The van der Waals surface area contributed by atoms with Crippen molar-refractivity contribution in [3.05, 3.63) is 39.4 Å². The number of nitrogens with zero attached hydrogens (tertiary/aromatic N) is 2. The summed E-state index contributed by atoms with van der Waals surface area (Å²) < 4.78 is 27.3. The van der Waals surface area contributed by atoms with Crippen LogP contribution in [0.4, 0.5) is 0 Å². The van der Waals surface area contributed by atoms with E-state index in [0.29, 0.717) is 30.1 Å². The van der Waals surface area contributed by atoms with E-state index in [2.05, 4.69) is 18.4 Å². The highest BCUT2D eigenvalue weighted by Gasteiger charge is 2.37. The van der Waals surface area contributed by atoms with E-state index in [1.165, 1.54) is 26.1 Å². The van der Waals surface area contributed by atoms with Crippen molar-refractivity contribution < 1.29 is 13.2 Å². The summed E-state index contributed by atoms with van der Waals surface area (Å²) in [7, 11) is -3.41. The van der Waals surface area contributed by atoms with Gasteiger partial charge in [-0.05, 0) is 54.1 Å². The fraction of sp³-hybridized carbons (Fsp3) is 0.526. The molecule has 4 heterocycles. The van der Waals surface area contributed by atoms with Crippen LogP contribution < -0.4 is 0 Å². The Balaban J connectivity index is 1.43. The smallest absolute Gasteiger partial charge is 0.252 e. The average Bonchev–Trinajstić information content (AvgIpc) is 3.38. The molecule has 2 aliphatic heterocycles. The SMILES string of the molecule is CC[C@@H]1c2ccsc2CCN1C(=O)C1CCN(S(=O)(=O)c2cccs2)CC1. The molecule has 1 atom stereocenters. The van der Waals surface area contributed by atoms with Crippen LogP contribution >= 0.6 is 22.7 Å². The molecule has 27 heavy (non-hydrogen) atoms. The Morgan fingerprint density at radius 1 is 1.15 bits per heavy atom. The number of hydrogen-bond donors (Lipinski definition) is 0. The van der Waals surface area contributed by atoms with Gasteiger partial charge in [0.05, 0.1) is 6.04 Å². The minimum absolute atomic E-state index is 0.0750. The van der Waals surface area contributed by atoms with Gasteiger partial charge < -0.3 is 4.90 Å². The number of sulfonamides is 1. The number of thiophene rings is 2. The molecular formula is C19H24N2O3S3. The highest BCUT2D eigenvalue weighted by atomic mass is 32.2. The largest absolute Gasteiger partial charge is 0.335 e. The van der Waals surface area contributed by atoms with E-state index in [9.17, 15) is 13.2 Å². The van der Waals surface area contributed by atoms with Crippen LogP contribution in [-0.4, -0.2) is 43.2 Å². The highest BCUT2D eigenvalue weighted by Crippen LogP contribution is 2.37. The Morgan fingerprint density at radius 3 is 2.59 bits per heavy atom. The first-order chi connectivity index (χ1) is 13.0. The zero-order valence-corrected chi connectivity index (χ0v) is 17.8. The van der Waals surface area contributed by atoms with Crippen LogP contribution in [0, 0.1) is 5.92 Å². The third-order valence-corrected chi connectivity index (χ3v) is 9.93. The number of hydrogen-bond acceptors (Lipinski definition) is 5. The molecule has 4 rings (SSSR count). The second-order valence-corrected chi connectivity index (χ2v) is 11.2. The molecule has 0 aliphatic carbocycles. The first kappa shape index (κ1) is 19.1. The van der Waals surface area contributed by atoms with E-state index >= 15 is 0 Å². The Hall–Kier alpha value is -1.22. The predicted molar refractivity (Wildman–Crippen MR) is 109 cm³/mol. The third-order valence-electron chi connectivity index (χ3n) is 5.66. The number of fused-ring (bicyclic) bond motifs is 1. The van der Waals surface area contributed by atoms with Gasteiger partial charge in [0.25, 0.3) is 10.0 Å². The summed E-state index contributed by atoms with van der Waals surface area (Å²) in [5.41, 5.74) is 1.31. The van der Waals surface area contributed by atoms with E-state index in [0.717, 1.165) is 19.4 Å². The molecule has 1 saturated heterocycles. The van der Waals surface area contributed by atoms with Crippen molar-refractivity contribution in [3.63, 3.8) is 0 Å². The highest BCUT2D eigenvalue weighted by molar-refractivity contribution is 7.91. The monoisotopic (exact) mass is 424 g/mol. The molecule has 146 valence electrons. The fourth-order valence-electron chi connectivity index (χ4n) is 4.22. The molecule has 2 aliphatic rings. The van der Waals surface area contributed by atoms with Gasteiger partial charge in [-0.25, -0.2) is 8.42 Å². The molecule has 1 fully saturated rings. The molecule has 2 aromatic heterocycles. The lowest BCUT2D eigenvalue weighted by atomic mass is 9.92. The first-order valence-corrected chi connectivity index (χ1v) is 12.6. The number of carbonyl (C=O) groups excluding carboxylic acids is 1. The van der Waals surface area contributed by atoms with Gasteiger partial charge in [-0.15, -0.1) is 22.7 Å². The predicted octanol–water partition coefficient (Wildman–Crippen LogP) is 3.75. The van der Waals surface area contributed by atoms with Gasteiger partial charge in [0, 0.05) is 30.4 Å². The van der Waals surface area contributed by atoms with Crippen LogP contribution in [-0.2, 0) is 21.2 Å². The molecule has 0 saturated carbocycles. The molecule has 1 amide bonds. The molecule has 0 aromatic carbocycles. The lowest BCUT2D eigenvalue weighted by molar-refractivity contribution is -0.139. The van der Waals surface area contributed by atoms with Crippen molar-refractivity contribution in [2.45, 2.75) is 42.9 Å². The molecule has 0 N–H and O–H groups in total. The van der Waals surface area contributed by atoms with Crippen molar-refractivity contribution in [2.24, 2.45) is 5.92 Å². The van der Waals surface area contributed by atoms with Crippen molar-refractivity contribution in [3.8, 4) is 0 Å². The standard InChI is InChI=1S/C19H24N2O3S3/c1-2-16-15-8-13-25-17(15)7-11-21(16)19(22)14-5-9-20(10-6-14)27(23,24)18-4-3-12-26-18/h3-4,8,12-14,16H,2,5-7,9-11H2,1H3/t16-/m1/s1. The number of rotatable bonds is 4. The van der Waals surface area contributed by atoms with Crippen LogP contribution in [0.1, 0.15) is 42.7 Å². The molecule has 2 aromatic rings. The van der Waals surface area contributed by atoms with Gasteiger partial charge in [0.15, 0.2) is 0 Å². The lowest BCUT2D eigenvalue weighted by Crippen LogP contribution is -2.47.